The molecule has 16 heavy (non-hydrogen) atoms. The Morgan fingerprint density at radius 3 is 2.44 bits per heavy atom. The first kappa shape index (κ1) is 13.5. The number of hydrogen-bond acceptors (Lipinski definition) is 3. The van der Waals surface area contributed by atoms with Gasteiger partial charge in [0, 0.05) is 32.2 Å². The van der Waals surface area contributed by atoms with Crippen LogP contribution in [0.3, 0.4) is 0 Å². The molecule has 1 aliphatic heterocycles. The molecule has 0 unspecified atom stereocenters. The average molecular weight is 227 g/mol. The van der Waals surface area contributed by atoms with Gasteiger partial charge in [0.15, 0.2) is 0 Å². The summed E-state index contributed by atoms with van der Waals surface area (Å²) in [6.45, 7) is 7.13. The Kier molecular flexibility index (Phi) is 5.22. The highest BCUT2D eigenvalue weighted by atomic mass is 16.2. The van der Waals surface area contributed by atoms with Gasteiger partial charge in [-0.3, -0.25) is 4.79 Å². The average Bonchev–Trinajstić information content (AvgIpc) is 2.28. The fraction of sp³-hybridized carbons (Fsp3) is 0.917. The standard InChI is InChI=1S/C12H25N3O/c1-10(2)15-7-5-11(6-8-15)14(4)12(16)9-13-3/h10-11,13H,5-9H2,1-4H3. The zero-order valence-electron chi connectivity index (χ0n) is 11.0. The zero-order valence-corrected chi connectivity index (χ0v) is 11.0. The third-order valence-corrected chi connectivity index (χ3v) is 3.50. The molecule has 1 amide bonds. The van der Waals surface area contributed by atoms with Crippen LogP contribution in [0.2, 0.25) is 0 Å². The molecule has 0 aromatic carbocycles. The fourth-order valence-electron chi connectivity index (χ4n) is 2.27. The lowest BCUT2D eigenvalue weighted by molar-refractivity contribution is -0.131. The van der Waals surface area contributed by atoms with Gasteiger partial charge in [-0.15, -0.1) is 0 Å². The Hall–Kier alpha value is -0.610. The summed E-state index contributed by atoms with van der Waals surface area (Å²) in [6.07, 6.45) is 2.20. The number of hydrogen-bond donors (Lipinski definition) is 1. The van der Waals surface area contributed by atoms with E-state index < -0.39 is 0 Å². The van der Waals surface area contributed by atoms with Crippen LogP contribution in [0.1, 0.15) is 26.7 Å². The Labute approximate surface area is 99.0 Å². The number of nitrogens with zero attached hydrogens (tertiary/aromatic N) is 2. The largest absolute Gasteiger partial charge is 0.342 e. The molecule has 1 N–H and O–H groups in total. The molecule has 1 fully saturated rings. The molecule has 1 aliphatic rings. The maximum absolute atomic E-state index is 11.7. The molecule has 1 rings (SSSR count). The second-order valence-electron chi connectivity index (χ2n) is 4.90. The van der Waals surface area contributed by atoms with Crippen LogP contribution < -0.4 is 5.32 Å². The molecule has 0 saturated carbocycles. The molecular formula is C12H25N3O. The Balaban J connectivity index is 2.38. The number of likely N-dealkylation sites (tertiary alicyclic amines) is 1. The first-order chi connectivity index (χ1) is 7.56. The first-order valence-corrected chi connectivity index (χ1v) is 6.20. The minimum atomic E-state index is 0.200. The van der Waals surface area contributed by atoms with Crippen molar-refractivity contribution in [2.45, 2.75) is 38.8 Å². The summed E-state index contributed by atoms with van der Waals surface area (Å²) in [5, 5.41) is 2.91. The van der Waals surface area contributed by atoms with Gasteiger partial charge in [0.05, 0.1) is 6.54 Å². The SMILES string of the molecule is CNCC(=O)N(C)C1CCN(C(C)C)CC1. The second kappa shape index (κ2) is 6.21. The molecule has 94 valence electrons. The van der Waals surface area contributed by atoms with E-state index in [4.69, 9.17) is 0 Å². The van der Waals surface area contributed by atoms with Crippen LogP contribution in [0, 0.1) is 0 Å². The smallest absolute Gasteiger partial charge is 0.236 e. The highest BCUT2D eigenvalue weighted by Crippen LogP contribution is 2.17. The molecule has 4 heteroatoms. The lowest BCUT2D eigenvalue weighted by Crippen LogP contribution is -2.48. The predicted molar refractivity (Wildman–Crippen MR) is 66.4 cm³/mol. The molecule has 0 aromatic heterocycles. The van der Waals surface area contributed by atoms with Crippen LogP contribution in [0.15, 0.2) is 0 Å². The molecule has 4 nitrogen and oxygen atoms in total. The third kappa shape index (κ3) is 3.46. The maximum atomic E-state index is 11.7. The van der Waals surface area contributed by atoms with E-state index in [0.29, 0.717) is 18.6 Å². The van der Waals surface area contributed by atoms with Crippen LogP contribution in [-0.2, 0) is 4.79 Å². The van der Waals surface area contributed by atoms with Crippen molar-refractivity contribution >= 4 is 5.91 Å². The third-order valence-electron chi connectivity index (χ3n) is 3.50. The summed E-state index contributed by atoms with van der Waals surface area (Å²) in [5.74, 6) is 0.200. The van der Waals surface area contributed by atoms with Crippen LogP contribution >= 0.6 is 0 Å². The van der Waals surface area contributed by atoms with E-state index in [1.54, 1.807) is 0 Å². The Bertz CT molecular complexity index is 222. The monoisotopic (exact) mass is 227 g/mol. The van der Waals surface area contributed by atoms with E-state index >= 15 is 0 Å². The van der Waals surface area contributed by atoms with Gasteiger partial charge in [0.2, 0.25) is 5.91 Å². The molecular weight excluding hydrogens is 202 g/mol. The lowest BCUT2D eigenvalue weighted by Gasteiger charge is -2.38. The predicted octanol–water partition coefficient (Wildman–Crippen LogP) is 0.537. The fourth-order valence-corrected chi connectivity index (χ4v) is 2.27. The number of nitrogens with one attached hydrogen (secondary N) is 1. The summed E-state index contributed by atoms with van der Waals surface area (Å²) in [6, 6.07) is 1.05. The van der Waals surface area contributed by atoms with Crippen LogP contribution in [-0.4, -0.2) is 61.5 Å². The topological polar surface area (TPSA) is 35.6 Å². The lowest BCUT2D eigenvalue weighted by atomic mass is 10.0. The highest BCUT2D eigenvalue weighted by Gasteiger charge is 2.25. The van der Waals surface area contributed by atoms with Crippen LogP contribution in [0.5, 0.6) is 0 Å². The molecule has 0 aliphatic carbocycles. The van der Waals surface area contributed by atoms with E-state index in [9.17, 15) is 4.79 Å². The molecule has 0 bridgehead atoms. The number of likely N-dealkylation sites (N-methyl/N-ethyl adjacent to an activating group) is 2. The molecule has 0 aromatic rings. The van der Waals surface area contributed by atoms with Crippen molar-refractivity contribution < 1.29 is 4.79 Å². The van der Waals surface area contributed by atoms with E-state index in [0.717, 1.165) is 25.9 Å². The van der Waals surface area contributed by atoms with Crippen molar-refractivity contribution in [2.24, 2.45) is 0 Å². The number of piperidine rings is 1. The van der Waals surface area contributed by atoms with Gasteiger partial charge in [-0.1, -0.05) is 0 Å². The van der Waals surface area contributed by atoms with Gasteiger partial charge < -0.3 is 15.1 Å². The van der Waals surface area contributed by atoms with Gasteiger partial charge in [0.1, 0.15) is 0 Å². The van der Waals surface area contributed by atoms with Gasteiger partial charge in [0.25, 0.3) is 0 Å². The molecule has 0 spiro atoms. The highest BCUT2D eigenvalue weighted by molar-refractivity contribution is 5.78. The Morgan fingerprint density at radius 2 is 2.00 bits per heavy atom. The van der Waals surface area contributed by atoms with Gasteiger partial charge >= 0.3 is 0 Å². The van der Waals surface area contributed by atoms with Crippen molar-refractivity contribution in [2.75, 3.05) is 33.7 Å². The van der Waals surface area contributed by atoms with E-state index in [2.05, 4.69) is 24.1 Å². The summed E-state index contributed by atoms with van der Waals surface area (Å²) < 4.78 is 0. The minimum absolute atomic E-state index is 0.200. The molecule has 0 atom stereocenters. The van der Waals surface area contributed by atoms with E-state index in [1.807, 2.05) is 19.0 Å². The summed E-state index contributed by atoms with van der Waals surface area (Å²) in [7, 11) is 3.74. The quantitative estimate of drug-likeness (QED) is 0.761. The van der Waals surface area contributed by atoms with Crippen molar-refractivity contribution in [1.82, 2.24) is 15.1 Å². The maximum Gasteiger partial charge on any atom is 0.236 e. The molecule has 1 saturated heterocycles. The Morgan fingerprint density at radius 1 is 1.44 bits per heavy atom. The number of carbonyl (C=O) groups excluding carboxylic acids is 1. The van der Waals surface area contributed by atoms with E-state index in [1.165, 1.54) is 0 Å². The normalized spacial score (nSPS) is 19.1. The zero-order chi connectivity index (χ0) is 12.1. The van der Waals surface area contributed by atoms with Crippen molar-refractivity contribution in [3.63, 3.8) is 0 Å². The number of amides is 1. The minimum Gasteiger partial charge on any atom is -0.342 e. The van der Waals surface area contributed by atoms with Gasteiger partial charge in [-0.2, -0.15) is 0 Å². The van der Waals surface area contributed by atoms with Crippen LogP contribution in [0.25, 0.3) is 0 Å². The van der Waals surface area contributed by atoms with Gasteiger partial charge in [-0.05, 0) is 33.7 Å². The number of rotatable bonds is 4. The molecule has 1 heterocycles. The summed E-state index contributed by atoms with van der Waals surface area (Å²) >= 11 is 0. The van der Waals surface area contributed by atoms with Gasteiger partial charge in [-0.25, -0.2) is 0 Å². The first-order valence-electron chi connectivity index (χ1n) is 6.20. The van der Waals surface area contributed by atoms with E-state index in [-0.39, 0.29) is 5.91 Å². The molecule has 0 radical (unpaired) electrons. The van der Waals surface area contributed by atoms with Crippen molar-refractivity contribution in [3.8, 4) is 0 Å². The second-order valence-corrected chi connectivity index (χ2v) is 4.90. The summed E-state index contributed by atoms with van der Waals surface area (Å²) in [4.78, 5) is 16.1. The van der Waals surface area contributed by atoms with Crippen LogP contribution in [0.4, 0.5) is 0 Å². The summed E-state index contributed by atoms with van der Waals surface area (Å²) in [5.41, 5.74) is 0. The van der Waals surface area contributed by atoms with Crippen molar-refractivity contribution in [3.05, 3.63) is 0 Å². The number of carbonyl (C=O) groups is 1. The van der Waals surface area contributed by atoms with Crippen molar-refractivity contribution in [1.29, 1.82) is 0 Å².